The Morgan fingerprint density at radius 1 is 1.00 bits per heavy atom. The monoisotopic (exact) mass is 212 g/mol. The summed E-state index contributed by atoms with van der Waals surface area (Å²) >= 11 is 0. The van der Waals surface area contributed by atoms with Crippen LogP contribution in [0.15, 0.2) is 30.3 Å². The van der Waals surface area contributed by atoms with Gasteiger partial charge in [-0.1, -0.05) is 0 Å². The van der Waals surface area contributed by atoms with Crippen LogP contribution in [0, 0.1) is 6.92 Å². The van der Waals surface area contributed by atoms with Crippen LogP contribution in [0.5, 0.6) is 0 Å². The molecule has 0 aromatic heterocycles. The molecule has 0 spiro atoms. The van der Waals surface area contributed by atoms with Crippen LogP contribution in [-0.2, 0) is 21.7 Å². The van der Waals surface area contributed by atoms with Gasteiger partial charge in [0.1, 0.15) is 0 Å². The third-order valence-corrected chi connectivity index (χ3v) is 0.556. The summed E-state index contributed by atoms with van der Waals surface area (Å²) in [4.78, 5) is 0. The van der Waals surface area contributed by atoms with Crippen molar-refractivity contribution >= 4 is 0 Å². The summed E-state index contributed by atoms with van der Waals surface area (Å²) in [7, 11) is 0. The number of hydrogen-bond donors (Lipinski definition) is 0. The number of halogens is 2. The molecule has 3 heteroatoms. The van der Waals surface area contributed by atoms with E-state index in [9.17, 15) is 0 Å². The minimum Gasteiger partial charge on any atom is -1.00 e. The average molecular weight is 213 g/mol. The first-order chi connectivity index (χ1) is 3.50. The molecule has 1 aromatic rings. The number of hydrogen-bond acceptors (Lipinski definition) is 0. The first-order valence-corrected chi connectivity index (χ1v) is 2.37. The second-order valence-corrected chi connectivity index (χ2v) is 0.962. The fraction of sp³-hybridized carbons (Fsp3) is 0.143. The van der Waals surface area contributed by atoms with E-state index < -0.39 is 0 Å². The predicted octanol–water partition coefficient (Wildman–Crippen LogP) is -3.75. The molecular formula is C7H10Cl2Ti. The molecule has 0 unspecified atom stereocenters. The molecule has 10 heavy (non-hydrogen) atoms. The molecule has 0 saturated heterocycles. The van der Waals surface area contributed by atoms with Gasteiger partial charge in [-0.25, -0.2) is 12.1 Å². The molecule has 0 saturated carbocycles. The fourth-order valence-electron chi connectivity index (χ4n) is 0.321. The molecule has 0 bridgehead atoms. The molecule has 1 aromatic carbocycles. The van der Waals surface area contributed by atoms with E-state index in [1.165, 1.54) is 0 Å². The van der Waals surface area contributed by atoms with Gasteiger partial charge < -0.3 is 31.7 Å². The third kappa shape index (κ3) is 15.9. The zero-order chi connectivity index (χ0) is 5.54. The second-order valence-electron chi connectivity index (χ2n) is 0.962. The van der Waals surface area contributed by atoms with Crippen LogP contribution in [0.3, 0.4) is 0 Å². The summed E-state index contributed by atoms with van der Waals surface area (Å²) in [5.41, 5.74) is 0. The van der Waals surface area contributed by atoms with Crippen molar-refractivity contribution in [3.8, 4) is 0 Å². The van der Waals surface area contributed by atoms with Gasteiger partial charge in [0.05, 0.1) is 0 Å². The Kier molecular flexibility index (Phi) is 50.7. The Bertz CT molecular complexity index is 68.1. The van der Waals surface area contributed by atoms with Crippen molar-refractivity contribution in [2.75, 3.05) is 0 Å². The maximum atomic E-state index is 3.25. The molecule has 0 heterocycles. The molecule has 0 radical (unpaired) electrons. The van der Waals surface area contributed by atoms with Crippen LogP contribution >= 0.6 is 0 Å². The SMILES string of the molecule is [CH2-]C.[Cl-].[Cl-].[Ti+4].c1cc[cH-]c1. The fourth-order valence-corrected chi connectivity index (χ4v) is 0.321. The van der Waals surface area contributed by atoms with Crippen molar-refractivity contribution < 1.29 is 46.5 Å². The molecule has 56 valence electrons. The van der Waals surface area contributed by atoms with Crippen molar-refractivity contribution in [1.82, 2.24) is 0 Å². The molecule has 0 aliphatic carbocycles. The standard InChI is InChI=1S/C5H5.C2H5.2ClH.Ti/c1-2-4-5-3-1;1-2;;;/h1-5H;1H2,2H3;2*1H;/q2*-1;;;+4/p-2. The van der Waals surface area contributed by atoms with Crippen molar-refractivity contribution in [2.24, 2.45) is 0 Å². The predicted molar refractivity (Wildman–Crippen MR) is 33.1 cm³/mol. The van der Waals surface area contributed by atoms with Crippen molar-refractivity contribution in [2.45, 2.75) is 6.92 Å². The molecule has 1 rings (SSSR count). The van der Waals surface area contributed by atoms with E-state index in [2.05, 4.69) is 6.92 Å². The van der Waals surface area contributed by atoms with E-state index in [4.69, 9.17) is 0 Å². The van der Waals surface area contributed by atoms with E-state index >= 15 is 0 Å². The van der Waals surface area contributed by atoms with E-state index in [0.29, 0.717) is 0 Å². The van der Waals surface area contributed by atoms with Gasteiger partial charge in [0, 0.05) is 0 Å². The summed E-state index contributed by atoms with van der Waals surface area (Å²) in [5.74, 6) is 0. The van der Waals surface area contributed by atoms with Gasteiger partial charge in [0.25, 0.3) is 0 Å². The van der Waals surface area contributed by atoms with Gasteiger partial charge in [-0.05, 0) is 0 Å². The molecule has 0 amide bonds. The molecule has 0 aliphatic rings. The Balaban J connectivity index is -0.0000000337. The van der Waals surface area contributed by atoms with Gasteiger partial charge in [-0.3, -0.25) is 0 Å². The third-order valence-electron chi connectivity index (χ3n) is 0.556. The van der Waals surface area contributed by atoms with Crippen molar-refractivity contribution in [3.63, 3.8) is 0 Å². The minimum atomic E-state index is 0. The maximum Gasteiger partial charge on any atom is 4.00 e. The zero-order valence-corrected chi connectivity index (χ0v) is 8.92. The van der Waals surface area contributed by atoms with E-state index in [1.54, 1.807) is 6.92 Å². The summed E-state index contributed by atoms with van der Waals surface area (Å²) in [6, 6.07) is 10.0. The zero-order valence-electron chi connectivity index (χ0n) is 5.85. The quantitative estimate of drug-likeness (QED) is 0.307. The van der Waals surface area contributed by atoms with Gasteiger partial charge in [0.2, 0.25) is 0 Å². The Morgan fingerprint density at radius 2 is 1.30 bits per heavy atom. The van der Waals surface area contributed by atoms with Crippen molar-refractivity contribution in [3.05, 3.63) is 37.3 Å². The number of rotatable bonds is 0. The van der Waals surface area contributed by atoms with Crippen LogP contribution in [0.25, 0.3) is 0 Å². The molecular weight excluding hydrogens is 203 g/mol. The molecule has 0 aliphatic heterocycles. The normalized spacial score (nSPS) is 4.60. The minimum absolute atomic E-state index is 0. The smallest absolute Gasteiger partial charge is 1.00 e. The van der Waals surface area contributed by atoms with Crippen LogP contribution in [-0.4, -0.2) is 0 Å². The van der Waals surface area contributed by atoms with Crippen LogP contribution in [0.2, 0.25) is 0 Å². The van der Waals surface area contributed by atoms with Crippen LogP contribution in [0.1, 0.15) is 6.92 Å². The average Bonchev–Trinajstić information content (AvgIpc) is 2.23. The molecule has 0 fully saturated rings. The Hall–Kier alpha value is 0.644. The Labute approximate surface area is 90.5 Å². The summed E-state index contributed by atoms with van der Waals surface area (Å²) in [6.07, 6.45) is 0. The molecule has 0 nitrogen and oxygen atoms in total. The van der Waals surface area contributed by atoms with Crippen molar-refractivity contribution in [1.29, 1.82) is 0 Å². The largest absolute Gasteiger partial charge is 4.00 e. The van der Waals surface area contributed by atoms with Gasteiger partial charge in [0.15, 0.2) is 0 Å². The topological polar surface area (TPSA) is 0 Å². The van der Waals surface area contributed by atoms with E-state index in [0.717, 1.165) is 0 Å². The van der Waals surface area contributed by atoms with Gasteiger partial charge in [-0.15, -0.1) is 0 Å². The van der Waals surface area contributed by atoms with Gasteiger partial charge in [-0.2, -0.15) is 25.1 Å². The Morgan fingerprint density at radius 3 is 1.40 bits per heavy atom. The van der Waals surface area contributed by atoms with Crippen LogP contribution < -0.4 is 24.8 Å². The summed E-state index contributed by atoms with van der Waals surface area (Å²) in [5, 5.41) is 0. The first-order valence-electron chi connectivity index (χ1n) is 2.37. The van der Waals surface area contributed by atoms with E-state index in [-0.39, 0.29) is 46.5 Å². The molecule has 0 N–H and O–H groups in total. The second kappa shape index (κ2) is 22.6. The first kappa shape index (κ1) is 22.4. The molecule has 0 atom stereocenters. The summed E-state index contributed by atoms with van der Waals surface area (Å²) < 4.78 is 0. The summed E-state index contributed by atoms with van der Waals surface area (Å²) in [6.45, 7) is 5.00. The van der Waals surface area contributed by atoms with Crippen LogP contribution in [0.4, 0.5) is 0 Å². The van der Waals surface area contributed by atoms with Gasteiger partial charge >= 0.3 is 21.7 Å². The maximum absolute atomic E-state index is 3.25. The van der Waals surface area contributed by atoms with E-state index in [1.807, 2.05) is 30.3 Å².